The fraction of sp³-hybridized carbons (Fsp3) is 0.524. The Balaban J connectivity index is 2.49. The van der Waals surface area contributed by atoms with Gasteiger partial charge in [-0.15, -0.1) is 0 Å². The summed E-state index contributed by atoms with van der Waals surface area (Å²) in [6, 6.07) is 7.77. The van der Waals surface area contributed by atoms with Crippen LogP contribution < -0.4 is 10.1 Å². The average Bonchev–Trinajstić information content (AvgIpc) is 2.97. The first kappa shape index (κ1) is 20.0. The monoisotopic (exact) mass is 357 g/mol. The average molecular weight is 357 g/mol. The summed E-state index contributed by atoms with van der Waals surface area (Å²) in [5.74, 6) is 1.62. The molecule has 0 unspecified atom stereocenters. The first-order chi connectivity index (χ1) is 12.4. The zero-order chi connectivity index (χ0) is 19.3. The molecule has 0 spiro atoms. The van der Waals surface area contributed by atoms with Gasteiger partial charge in [-0.3, -0.25) is 4.79 Å². The summed E-state index contributed by atoms with van der Waals surface area (Å²) >= 11 is 0. The van der Waals surface area contributed by atoms with Crippen molar-refractivity contribution in [2.24, 2.45) is 11.8 Å². The number of rotatable bonds is 8. The Morgan fingerprint density at radius 3 is 2.31 bits per heavy atom. The van der Waals surface area contributed by atoms with Gasteiger partial charge >= 0.3 is 0 Å². The molecule has 0 bridgehead atoms. The number of nitrogens with zero attached hydrogens (tertiary/aromatic N) is 2. The van der Waals surface area contributed by atoms with E-state index in [0.717, 1.165) is 41.2 Å². The molecule has 1 amide bonds. The maximum absolute atomic E-state index is 12.9. The van der Waals surface area contributed by atoms with Gasteiger partial charge in [0.1, 0.15) is 5.75 Å². The predicted molar refractivity (Wildman–Crippen MR) is 105 cm³/mol. The molecule has 5 heteroatoms. The Hall–Kier alpha value is -2.30. The number of carbonyl (C=O) groups is 1. The summed E-state index contributed by atoms with van der Waals surface area (Å²) < 4.78 is 7.15. The van der Waals surface area contributed by atoms with Crippen LogP contribution in [0.2, 0.25) is 0 Å². The third-order valence-corrected chi connectivity index (χ3v) is 4.20. The Kier molecular flexibility index (Phi) is 6.83. The third-order valence-electron chi connectivity index (χ3n) is 4.20. The highest BCUT2D eigenvalue weighted by Gasteiger charge is 2.24. The Labute approximate surface area is 156 Å². The van der Waals surface area contributed by atoms with Crippen molar-refractivity contribution in [1.82, 2.24) is 15.1 Å². The second-order valence-electron chi connectivity index (χ2n) is 7.43. The van der Waals surface area contributed by atoms with E-state index in [9.17, 15) is 4.79 Å². The molecule has 0 fully saturated rings. The summed E-state index contributed by atoms with van der Waals surface area (Å²) in [7, 11) is 1.65. The van der Waals surface area contributed by atoms with E-state index in [1.54, 1.807) is 7.11 Å². The minimum absolute atomic E-state index is 0.0223. The number of benzene rings is 1. The second-order valence-corrected chi connectivity index (χ2v) is 7.43. The zero-order valence-corrected chi connectivity index (χ0v) is 16.8. The Bertz CT molecular complexity index is 730. The molecule has 1 aromatic heterocycles. The molecule has 0 saturated heterocycles. The summed E-state index contributed by atoms with van der Waals surface area (Å²) in [5.41, 5.74) is 3.49. The molecular weight excluding hydrogens is 326 g/mol. The number of amides is 1. The topological polar surface area (TPSA) is 56.2 Å². The number of hydrogen-bond acceptors (Lipinski definition) is 3. The Morgan fingerprint density at radius 1 is 1.15 bits per heavy atom. The van der Waals surface area contributed by atoms with Crippen LogP contribution in [0.25, 0.3) is 5.69 Å². The van der Waals surface area contributed by atoms with E-state index in [2.05, 4.69) is 39.9 Å². The number of carbonyl (C=O) groups excluding carboxylic acids is 1. The Morgan fingerprint density at radius 2 is 1.81 bits per heavy atom. The van der Waals surface area contributed by atoms with Crippen molar-refractivity contribution in [1.29, 1.82) is 0 Å². The minimum atomic E-state index is -0.0223. The molecule has 1 aromatic carbocycles. The molecule has 1 heterocycles. The van der Waals surface area contributed by atoms with Gasteiger partial charge in [-0.05, 0) is 48.9 Å². The fourth-order valence-corrected chi connectivity index (χ4v) is 2.94. The van der Waals surface area contributed by atoms with Gasteiger partial charge in [0.05, 0.1) is 29.7 Å². The predicted octanol–water partition coefficient (Wildman–Crippen LogP) is 4.03. The number of methoxy groups -OCH3 is 1. The van der Waals surface area contributed by atoms with Crippen molar-refractivity contribution < 1.29 is 9.53 Å². The van der Waals surface area contributed by atoms with Gasteiger partial charge in [0, 0.05) is 6.54 Å². The summed E-state index contributed by atoms with van der Waals surface area (Å²) in [4.78, 5) is 12.9. The van der Waals surface area contributed by atoms with Gasteiger partial charge in [0.15, 0.2) is 0 Å². The van der Waals surface area contributed by atoms with Gasteiger partial charge in [-0.1, -0.05) is 34.6 Å². The van der Waals surface area contributed by atoms with Crippen LogP contribution in [0.3, 0.4) is 0 Å². The second kappa shape index (κ2) is 8.88. The summed E-state index contributed by atoms with van der Waals surface area (Å²) in [6.07, 6.45) is 1.52. The maximum atomic E-state index is 12.9. The van der Waals surface area contributed by atoms with Gasteiger partial charge in [-0.2, -0.15) is 5.10 Å². The van der Waals surface area contributed by atoms with Crippen LogP contribution in [0.5, 0.6) is 5.75 Å². The molecule has 0 atom stereocenters. The van der Waals surface area contributed by atoms with Crippen molar-refractivity contribution in [2.45, 2.75) is 47.5 Å². The lowest BCUT2D eigenvalue weighted by atomic mass is 10.0. The number of ether oxygens (including phenoxy) is 1. The van der Waals surface area contributed by atoms with Gasteiger partial charge in [0.2, 0.25) is 0 Å². The standard InChI is InChI=1S/C21H31N3O2/c1-7-19-20(21(25)22-13-15(4)5)18(12-14(2)3)23-24(19)16-8-10-17(26-6)11-9-16/h8-11,14-15H,7,12-13H2,1-6H3,(H,22,25). The highest BCUT2D eigenvalue weighted by molar-refractivity contribution is 5.96. The van der Waals surface area contributed by atoms with E-state index in [1.807, 2.05) is 28.9 Å². The van der Waals surface area contributed by atoms with E-state index in [1.165, 1.54) is 0 Å². The van der Waals surface area contributed by atoms with Crippen molar-refractivity contribution in [3.63, 3.8) is 0 Å². The molecule has 0 saturated carbocycles. The van der Waals surface area contributed by atoms with Crippen LogP contribution in [-0.4, -0.2) is 29.3 Å². The van der Waals surface area contributed by atoms with E-state index in [0.29, 0.717) is 18.4 Å². The van der Waals surface area contributed by atoms with Crippen LogP contribution >= 0.6 is 0 Å². The highest BCUT2D eigenvalue weighted by Crippen LogP contribution is 2.23. The smallest absolute Gasteiger partial charge is 0.255 e. The van der Waals surface area contributed by atoms with Crippen molar-refractivity contribution in [3.05, 3.63) is 41.2 Å². The minimum Gasteiger partial charge on any atom is -0.497 e. The van der Waals surface area contributed by atoms with Crippen molar-refractivity contribution >= 4 is 5.91 Å². The first-order valence-electron chi connectivity index (χ1n) is 9.40. The zero-order valence-electron chi connectivity index (χ0n) is 16.8. The molecule has 0 radical (unpaired) electrons. The molecule has 26 heavy (non-hydrogen) atoms. The number of aromatic nitrogens is 2. The molecule has 0 aliphatic carbocycles. The van der Waals surface area contributed by atoms with Crippen molar-refractivity contribution in [3.8, 4) is 11.4 Å². The lowest BCUT2D eigenvalue weighted by Crippen LogP contribution is -2.29. The molecule has 142 valence electrons. The van der Waals surface area contributed by atoms with Crippen molar-refractivity contribution in [2.75, 3.05) is 13.7 Å². The molecule has 2 aromatic rings. The highest BCUT2D eigenvalue weighted by atomic mass is 16.5. The van der Waals surface area contributed by atoms with Crippen LogP contribution in [0.4, 0.5) is 0 Å². The molecule has 5 nitrogen and oxygen atoms in total. The molecule has 0 aliphatic heterocycles. The number of hydrogen-bond donors (Lipinski definition) is 1. The molecule has 0 aliphatic rings. The van der Waals surface area contributed by atoms with Crippen LogP contribution in [0.1, 0.15) is 56.4 Å². The molecule has 2 rings (SSSR count). The summed E-state index contributed by atoms with van der Waals surface area (Å²) in [6.45, 7) is 11.2. The fourth-order valence-electron chi connectivity index (χ4n) is 2.94. The lowest BCUT2D eigenvalue weighted by molar-refractivity contribution is 0.0947. The van der Waals surface area contributed by atoms with E-state index in [-0.39, 0.29) is 5.91 Å². The van der Waals surface area contributed by atoms with Gasteiger partial charge < -0.3 is 10.1 Å². The van der Waals surface area contributed by atoms with Gasteiger partial charge in [-0.25, -0.2) is 4.68 Å². The summed E-state index contributed by atoms with van der Waals surface area (Å²) in [5, 5.41) is 7.87. The quantitative estimate of drug-likeness (QED) is 0.776. The third kappa shape index (κ3) is 4.65. The van der Waals surface area contributed by atoms with E-state index in [4.69, 9.17) is 9.84 Å². The first-order valence-corrected chi connectivity index (χ1v) is 9.40. The number of nitrogens with one attached hydrogen (secondary N) is 1. The van der Waals surface area contributed by atoms with Crippen LogP contribution in [0.15, 0.2) is 24.3 Å². The van der Waals surface area contributed by atoms with Gasteiger partial charge in [0.25, 0.3) is 5.91 Å². The van der Waals surface area contributed by atoms with E-state index >= 15 is 0 Å². The lowest BCUT2D eigenvalue weighted by Gasteiger charge is -2.11. The SMILES string of the molecule is CCc1c(C(=O)NCC(C)C)c(CC(C)C)nn1-c1ccc(OC)cc1. The van der Waals surface area contributed by atoms with E-state index < -0.39 is 0 Å². The normalized spacial score (nSPS) is 11.2. The van der Waals surface area contributed by atoms with Crippen LogP contribution in [-0.2, 0) is 12.8 Å². The largest absolute Gasteiger partial charge is 0.497 e. The molecular formula is C21H31N3O2. The van der Waals surface area contributed by atoms with Crippen LogP contribution in [0, 0.1) is 11.8 Å². The molecule has 1 N–H and O–H groups in total. The maximum Gasteiger partial charge on any atom is 0.255 e.